The zero-order valence-corrected chi connectivity index (χ0v) is 21.4. The van der Waals surface area contributed by atoms with Crippen LogP contribution < -0.4 is 14.2 Å². The molecule has 4 aromatic carbocycles. The van der Waals surface area contributed by atoms with Crippen LogP contribution in [-0.2, 0) is 12.6 Å². The number of hydrogen-bond acceptors (Lipinski definition) is 5. The maximum atomic E-state index is 13.2. The molecule has 0 bridgehead atoms. The molecule has 1 aromatic heterocycles. The lowest BCUT2D eigenvalue weighted by Gasteiger charge is -2.14. The molecule has 39 heavy (non-hydrogen) atoms. The highest BCUT2D eigenvalue weighted by molar-refractivity contribution is 6.09. The Morgan fingerprint density at radius 3 is 2.36 bits per heavy atom. The molecule has 0 N–H and O–H groups in total. The van der Waals surface area contributed by atoms with Gasteiger partial charge in [0.25, 0.3) is 0 Å². The van der Waals surface area contributed by atoms with E-state index in [9.17, 15) is 18.0 Å². The maximum Gasteiger partial charge on any atom is 0.416 e. The number of aryl methyl sites for hydroxylation is 1. The van der Waals surface area contributed by atoms with Crippen molar-refractivity contribution in [3.8, 4) is 23.0 Å². The second-order valence-corrected chi connectivity index (χ2v) is 9.06. The Morgan fingerprint density at radius 1 is 0.846 bits per heavy atom. The number of alkyl halides is 3. The zero-order valence-electron chi connectivity index (χ0n) is 21.4. The summed E-state index contributed by atoms with van der Waals surface area (Å²) in [6, 6.07) is 19.4. The summed E-state index contributed by atoms with van der Waals surface area (Å²) in [6.07, 6.45) is -2.97. The van der Waals surface area contributed by atoms with Crippen LogP contribution in [0.25, 0.3) is 21.7 Å². The fourth-order valence-electron chi connectivity index (χ4n) is 4.54. The predicted molar refractivity (Wildman–Crippen MR) is 143 cm³/mol. The molecule has 0 aliphatic heterocycles. The van der Waals surface area contributed by atoms with Crippen LogP contribution >= 0.6 is 0 Å². The first kappa shape index (κ1) is 26.0. The molecule has 0 saturated carbocycles. The van der Waals surface area contributed by atoms with E-state index in [0.717, 1.165) is 22.9 Å². The van der Waals surface area contributed by atoms with Gasteiger partial charge in [0.15, 0.2) is 17.3 Å². The molecule has 0 aliphatic rings. The number of fused-ring (bicyclic) bond motifs is 2. The number of halogens is 3. The Morgan fingerprint density at radius 2 is 1.62 bits per heavy atom. The van der Waals surface area contributed by atoms with E-state index in [2.05, 4.69) is 4.98 Å². The summed E-state index contributed by atoms with van der Waals surface area (Å²) in [5, 5.41) is 2.18. The maximum absolute atomic E-state index is 13.2. The van der Waals surface area contributed by atoms with Gasteiger partial charge in [-0.3, -0.25) is 9.78 Å². The first-order valence-corrected chi connectivity index (χ1v) is 12.1. The number of nitrogens with zero attached hydrogens (tertiary/aromatic N) is 1. The van der Waals surface area contributed by atoms with Crippen molar-refractivity contribution < 1.29 is 32.2 Å². The van der Waals surface area contributed by atoms with Gasteiger partial charge in [0.05, 0.1) is 25.3 Å². The quantitative estimate of drug-likeness (QED) is 0.200. The minimum atomic E-state index is -4.47. The molecule has 0 aliphatic carbocycles. The van der Waals surface area contributed by atoms with Crippen molar-refractivity contribution in [3.63, 3.8) is 0 Å². The summed E-state index contributed by atoms with van der Waals surface area (Å²) < 4.78 is 56.6. The summed E-state index contributed by atoms with van der Waals surface area (Å²) in [6.45, 7) is 1.70. The van der Waals surface area contributed by atoms with Crippen LogP contribution in [0.2, 0.25) is 0 Å². The molecule has 1 heterocycles. The number of ketones is 1. The fourth-order valence-corrected chi connectivity index (χ4v) is 4.54. The lowest BCUT2D eigenvalue weighted by Crippen LogP contribution is -2.09. The van der Waals surface area contributed by atoms with E-state index in [-0.39, 0.29) is 12.2 Å². The van der Waals surface area contributed by atoms with E-state index in [1.165, 1.54) is 6.07 Å². The lowest BCUT2D eigenvalue weighted by atomic mass is 9.94. The Bertz CT molecular complexity index is 1710. The van der Waals surface area contributed by atoms with Gasteiger partial charge in [-0.15, -0.1) is 0 Å². The lowest BCUT2D eigenvalue weighted by molar-refractivity contribution is -0.137. The van der Waals surface area contributed by atoms with E-state index in [4.69, 9.17) is 14.2 Å². The molecule has 8 heteroatoms. The molecular weight excluding hydrogens is 507 g/mol. The van der Waals surface area contributed by atoms with Gasteiger partial charge in [-0.1, -0.05) is 24.3 Å². The third-order valence-corrected chi connectivity index (χ3v) is 6.61. The third-order valence-electron chi connectivity index (χ3n) is 6.61. The highest BCUT2D eigenvalue weighted by atomic mass is 19.4. The highest BCUT2D eigenvalue weighted by Crippen LogP contribution is 2.37. The van der Waals surface area contributed by atoms with Crippen LogP contribution in [0.4, 0.5) is 13.2 Å². The molecule has 5 rings (SSSR count). The summed E-state index contributed by atoms with van der Waals surface area (Å²) >= 11 is 0. The largest absolute Gasteiger partial charge is 0.493 e. The van der Waals surface area contributed by atoms with E-state index in [0.29, 0.717) is 50.6 Å². The van der Waals surface area contributed by atoms with Crippen molar-refractivity contribution in [3.05, 3.63) is 101 Å². The average Bonchev–Trinajstić information content (AvgIpc) is 2.92. The molecule has 198 valence electrons. The Kier molecular flexibility index (Phi) is 6.87. The van der Waals surface area contributed by atoms with Gasteiger partial charge in [0, 0.05) is 29.6 Å². The van der Waals surface area contributed by atoms with Gasteiger partial charge in [-0.05, 0) is 71.3 Å². The minimum Gasteiger partial charge on any atom is -0.493 e. The first-order chi connectivity index (χ1) is 18.7. The number of methoxy groups -OCH3 is 2. The highest BCUT2D eigenvalue weighted by Gasteiger charge is 2.31. The van der Waals surface area contributed by atoms with Crippen molar-refractivity contribution in [2.75, 3.05) is 14.2 Å². The Labute approximate surface area is 222 Å². The minimum absolute atomic E-state index is 0.137. The fraction of sp³-hybridized carbons (Fsp3) is 0.161. The number of benzene rings is 4. The number of aromatic nitrogens is 1. The first-order valence-electron chi connectivity index (χ1n) is 12.1. The predicted octanol–water partition coefficient (Wildman–Crippen LogP) is 7.95. The second-order valence-electron chi connectivity index (χ2n) is 9.06. The third kappa shape index (κ3) is 5.23. The second kappa shape index (κ2) is 10.3. The Balaban J connectivity index is 1.46. The smallest absolute Gasteiger partial charge is 0.416 e. The van der Waals surface area contributed by atoms with E-state index in [1.54, 1.807) is 69.8 Å². The number of hydrogen-bond donors (Lipinski definition) is 0. The summed E-state index contributed by atoms with van der Waals surface area (Å²) in [5.41, 5.74) is 1.32. The van der Waals surface area contributed by atoms with Gasteiger partial charge >= 0.3 is 6.18 Å². The molecule has 0 atom stereocenters. The van der Waals surface area contributed by atoms with Crippen LogP contribution in [0.1, 0.15) is 27.0 Å². The number of ether oxygens (including phenoxy) is 3. The van der Waals surface area contributed by atoms with Gasteiger partial charge in [0.1, 0.15) is 11.5 Å². The van der Waals surface area contributed by atoms with Gasteiger partial charge in [-0.25, -0.2) is 0 Å². The number of carbonyl (C=O) groups is 1. The molecule has 0 radical (unpaired) electrons. The van der Waals surface area contributed by atoms with E-state index >= 15 is 0 Å². The molecular formula is C31H24F3NO4. The number of carbonyl (C=O) groups excluding carboxylic acids is 1. The molecule has 0 saturated heterocycles. The van der Waals surface area contributed by atoms with Crippen molar-refractivity contribution in [1.29, 1.82) is 0 Å². The van der Waals surface area contributed by atoms with Gasteiger partial charge in [-0.2, -0.15) is 13.2 Å². The monoisotopic (exact) mass is 531 g/mol. The molecule has 5 nitrogen and oxygen atoms in total. The number of Topliss-reactive ketones (excluding diaryl/α,β-unsaturated/α-hetero) is 1. The van der Waals surface area contributed by atoms with Crippen LogP contribution in [0.5, 0.6) is 23.0 Å². The van der Waals surface area contributed by atoms with Crippen LogP contribution in [-0.4, -0.2) is 25.0 Å². The topological polar surface area (TPSA) is 57.7 Å². The normalized spacial score (nSPS) is 11.5. The van der Waals surface area contributed by atoms with Crippen molar-refractivity contribution in [2.24, 2.45) is 0 Å². The molecule has 0 fully saturated rings. The molecule has 0 unspecified atom stereocenters. The summed E-state index contributed by atoms with van der Waals surface area (Å²) in [4.78, 5) is 17.6. The summed E-state index contributed by atoms with van der Waals surface area (Å²) in [5.74, 6) is 1.94. The number of rotatable bonds is 7. The van der Waals surface area contributed by atoms with Crippen molar-refractivity contribution >= 4 is 27.5 Å². The van der Waals surface area contributed by atoms with Crippen LogP contribution in [0.15, 0.2) is 79.0 Å². The summed E-state index contributed by atoms with van der Waals surface area (Å²) in [7, 11) is 3.11. The number of pyridine rings is 1. The van der Waals surface area contributed by atoms with Crippen molar-refractivity contribution in [2.45, 2.75) is 19.5 Å². The Hall–Kier alpha value is -4.59. The van der Waals surface area contributed by atoms with Crippen molar-refractivity contribution in [1.82, 2.24) is 4.98 Å². The molecule has 5 aromatic rings. The SMILES string of the molecule is COc1cc2nccc(Oc3ccc4c(C(=O)Cc5cc(C(F)(F)F)ccc5C)cccc4c3)c2cc1OC. The van der Waals surface area contributed by atoms with Gasteiger partial charge in [0.2, 0.25) is 0 Å². The van der Waals surface area contributed by atoms with E-state index in [1.807, 2.05) is 12.1 Å². The van der Waals surface area contributed by atoms with Gasteiger partial charge < -0.3 is 14.2 Å². The standard InChI is InChI=1S/C31H24F3NO4/c1-18-7-8-21(31(32,33)34)13-20(18)15-27(36)24-6-4-5-19-14-22(9-10-23(19)24)39-28-11-12-35-26-17-30(38-3)29(37-2)16-25(26)28/h4-14,16-17H,15H2,1-3H3. The van der Waals surface area contributed by atoms with Crippen LogP contribution in [0, 0.1) is 6.92 Å². The average molecular weight is 532 g/mol. The van der Waals surface area contributed by atoms with E-state index < -0.39 is 11.7 Å². The molecule has 0 spiro atoms. The van der Waals surface area contributed by atoms with Crippen LogP contribution in [0.3, 0.4) is 0 Å². The zero-order chi connectivity index (χ0) is 27.7. The molecule has 0 amide bonds.